The van der Waals surface area contributed by atoms with Crippen LogP contribution in [0.25, 0.3) is 22.4 Å². The van der Waals surface area contributed by atoms with Crippen molar-refractivity contribution in [1.82, 2.24) is 25.3 Å². The predicted molar refractivity (Wildman–Crippen MR) is 99.3 cm³/mol. The second-order valence-electron chi connectivity index (χ2n) is 6.19. The van der Waals surface area contributed by atoms with Gasteiger partial charge in [-0.3, -0.25) is 9.59 Å². The quantitative estimate of drug-likeness (QED) is 0.515. The fourth-order valence-corrected chi connectivity index (χ4v) is 2.98. The lowest BCUT2D eigenvalue weighted by molar-refractivity contribution is 0.0938. The van der Waals surface area contributed by atoms with Gasteiger partial charge in [0.05, 0.1) is 29.8 Å². The summed E-state index contributed by atoms with van der Waals surface area (Å²) < 4.78 is 5.43. The van der Waals surface area contributed by atoms with Gasteiger partial charge in [0.1, 0.15) is 17.0 Å². The first-order valence-electron chi connectivity index (χ1n) is 8.42. The number of fused-ring (bicyclic) bond motifs is 1. The minimum Gasteiger partial charge on any atom is -0.442 e. The van der Waals surface area contributed by atoms with Crippen LogP contribution in [0.2, 0.25) is 0 Å². The SMILES string of the molecule is Cc1oc2nc[nH]c(=O)c2c1C(=O)NC(C)c1ncc(-c2ccccc2)[nH]1. The molecule has 1 atom stereocenters. The van der Waals surface area contributed by atoms with Gasteiger partial charge >= 0.3 is 0 Å². The molecule has 1 aromatic carbocycles. The van der Waals surface area contributed by atoms with Gasteiger partial charge in [-0.1, -0.05) is 30.3 Å². The topological polar surface area (TPSA) is 117 Å². The molecule has 136 valence electrons. The minimum atomic E-state index is -0.421. The maximum atomic E-state index is 12.8. The summed E-state index contributed by atoms with van der Waals surface area (Å²) in [6.45, 7) is 3.44. The Hall–Kier alpha value is -3.68. The second kappa shape index (κ2) is 6.56. The number of amides is 1. The molecule has 0 fully saturated rings. The Bertz CT molecular complexity index is 1170. The first-order valence-corrected chi connectivity index (χ1v) is 8.42. The van der Waals surface area contributed by atoms with Gasteiger partial charge in [0.25, 0.3) is 11.5 Å². The number of H-pyrrole nitrogens is 2. The Morgan fingerprint density at radius 2 is 2.00 bits per heavy atom. The van der Waals surface area contributed by atoms with Gasteiger partial charge in [0, 0.05) is 0 Å². The van der Waals surface area contributed by atoms with E-state index in [1.165, 1.54) is 6.33 Å². The molecule has 0 aliphatic heterocycles. The molecule has 0 saturated heterocycles. The van der Waals surface area contributed by atoms with Crippen molar-refractivity contribution < 1.29 is 9.21 Å². The minimum absolute atomic E-state index is 0.137. The molecule has 1 unspecified atom stereocenters. The highest BCUT2D eigenvalue weighted by molar-refractivity contribution is 6.06. The third kappa shape index (κ3) is 3.01. The second-order valence-corrected chi connectivity index (χ2v) is 6.19. The van der Waals surface area contributed by atoms with E-state index < -0.39 is 17.5 Å². The van der Waals surface area contributed by atoms with Crippen molar-refractivity contribution >= 4 is 17.0 Å². The van der Waals surface area contributed by atoms with Crippen LogP contribution < -0.4 is 10.9 Å². The summed E-state index contributed by atoms with van der Waals surface area (Å²) in [6.07, 6.45) is 2.96. The number of furan rings is 1. The van der Waals surface area contributed by atoms with E-state index in [-0.39, 0.29) is 16.7 Å². The number of carbonyl (C=O) groups is 1. The summed E-state index contributed by atoms with van der Waals surface area (Å²) in [5.41, 5.74) is 1.76. The Kier molecular flexibility index (Phi) is 4.08. The first-order chi connectivity index (χ1) is 13.0. The maximum absolute atomic E-state index is 12.8. The van der Waals surface area contributed by atoms with Gasteiger partial charge in [-0.25, -0.2) is 9.97 Å². The number of aromatic nitrogens is 4. The molecule has 27 heavy (non-hydrogen) atoms. The lowest BCUT2D eigenvalue weighted by Crippen LogP contribution is -2.28. The van der Waals surface area contributed by atoms with Crippen LogP contribution in [0.3, 0.4) is 0 Å². The summed E-state index contributed by atoms with van der Waals surface area (Å²) in [5, 5.41) is 2.99. The largest absolute Gasteiger partial charge is 0.442 e. The summed E-state index contributed by atoms with van der Waals surface area (Å²) in [6, 6.07) is 9.38. The molecule has 0 saturated carbocycles. The number of aromatic amines is 2. The smallest absolute Gasteiger partial charge is 0.262 e. The lowest BCUT2D eigenvalue weighted by atomic mass is 10.1. The Morgan fingerprint density at radius 1 is 1.22 bits per heavy atom. The van der Waals surface area contributed by atoms with E-state index in [2.05, 4.69) is 25.3 Å². The van der Waals surface area contributed by atoms with Crippen LogP contribution in [-0.2, 0) is 0 Å². The number of benzene rings is 1. The third-order valence-corrected chi connectivity index (χ3v) is 4.34. The molecule has 3 aromatic heterocycles. The Balaban J connectivity index is 1.60. The van der Waals surface area contributed by atoms with Gasteiger partial charge in [-0.2, -0.15) is 0 Å². The molecule has 3 N–H and O–H groups in total. The highest BCUT2D eigenvalue weighted by atomic mass is 16.3. The van der Waals surface area contributed by atoms with Gasteiger partial charge < -0.3 is 19.7 Å². The number of nitrogens with zero attached hydrogens (tertiary/aromatic N) is 2. The molecule has 0 aliphatic carbocycles. The van der Waals surface area contributed by atoms with Crippen molar-refractivity contribution in [3.05, 3.63) is 70.4 Å². The van der Waals surface area contributed by atoms with Gasteiger partial charge in [-0.05, 0) is 19.4 Å². The number of aryl methyl sites for hydroxylation is 1. The number of imidazole rings is 1. The molecule has 8 heteroatoms. The summed E-state index contributed by atoms with van der Waals surface area (Å²) >= 11 is 0. The number of carbonyl (C=O) groups excluding carboxylic acids is 1. The standard InChI is InChI=1S/C19H17N5O3/c1-10(16-20-8-13(24-16)12-6-4-3-5-7-12)23-18(26)14-11(2)27-19-15(14)17(25)21-9-22-19/h3-10H,1-2H3,(H,20,24)(H,23,26)(H,21,22,25). The molecular weight excluding hydrogens is 346 g/mol. The zero-order chi connectivity index (χ0) is 19.0. The Morgan fingerprint density at radius 3 is 2.78 bits per heavy atom. The van der Waals surface area contributed by atoms with E-state index in [9.17, 15) is 9.59 Å². The normalized spacial score (nSPS) is 12.2. The Labute approximate surface area is 153 Å². The van der Waals surface area contributed by atoms with Crippen LogP contribution in [0.5, 0.6) is 0 Å². The van der Waals surface area contributed by atoms with Crippen molar-refractivity contribution in [2.45, 2.75) is 19.9 Å². The molecule has 3 heterocycles. The molecule has 0 spiro atoms. The molecule has 0 radical (unpaired) electrons. The first kappa shape index (κ1) is 16.8. The molecule has 0 bridgehead atoms. The highest BCUT2D eigenvalue weighted by Crippen LogP contribution is 2.22. The average Bonchev–Trinajstić information content (AvgIpc) is 3.27. The van der Waals surface area contributed by atoms with E-state index in [0.717, 1.165) is 11.3 Å². The van der Waals surface area contributed by atoms with Crippen molar-refractivity contribution in [2.75, 3.05) is 0 Å². The number of nitrogens with one attached hydrogen (secondary N) is 3. The average molecular weight is 363 g/mol. The van der Waals surface area contributed by atoms with Crippen LogP contribution in [-0.4, -0.2) is 25.8 Å². The van der Waals surface area contributed by atoms with E-state index in [0.29, 0.717) is 11.6 Å². The van der Waals surface area contributed by atoms with Crippen molar-refractivity contribution in [3.63, 3.8) is 0 Å². The van der Waals surface area contributed by atoms with E-state index >= 15 is 0 Å². The molecule has 4 aromatic rings. The van der Waals surface area contributed by atoms with Crippen LogP contribution >= 0.6 is 0 Å². The van der Waals surface area contributed by atoms with Crippen LogP contribution in [0, 0.1) is 6.92 Å². The van der Waals surface area contributed by atoms with E-state index in [1.807, 2.05) is 37.3 Å². The van der Waals surface area contributed by atoms with Crippen LogP contribution in [0.1, 0.15) is 34.9 Å². The van der Waals surface area contributed by atoms with Gasteiger partial charge in [0.2, 0.25) is 5.71 Å². The monoisotopic (exact) mass is 363 g/mol. The third-order valence-electron chi connectivity index (χ3n) is 4.34. The highest BCUT2D eigenvalue weighted by Gasteiger charge is 2.23. The zero-order valence-corrected chi connectivity index (χ0v) is 14.7. The van der Waals surface area contributed by atoms with Crippen molar-refractivity contribution in [3.8, 4) is 11.3 Å². The van der Waals surface area contributed by atoms with Crippen LogP contribution in [0.15, 0.2) is 52.1 Å². The predicted octanol–water partition coefficient (Wildman–Crippen LogP) is 2.71. The van der Waals surface area contributed by atoms with Gasteiger partial charge in [-0.15, -0.1) is 0 Å². The van der Waals surface area contributed by atoms with E-state index in [4.69, 9.17) is 4.42 Å². The summed E-state index contributed by atoms with van der Waals surface area (Å²) in [5.74, 6) is 0.526. The maximum Gasteiger partial charge on any atom is 0.262 e. The fourth-order valence-electron chi connectivity index (χ4n) is 2.98. The summed E-state index contributed by atoms with van der Waals surface area (Å²) in [4.78, 5) is 38.8. The number of hydrogen-bond acceptors (Lipinski definition) is 5. The number of hydrogen-bond donors (Lipinski definition) is 3. The molecule has 8 nitrogen and oxygen atoms in total. The fraction of sp³-hybridized carbons (Fsp3) is 0.158. The van der Waals surface area contributed by atoms with Crippen molar-refractivity contribution in [1.29, 1.82) is 0 Å². The lowest BCUT2D eigenvalue weighted by Gasteiger charge is -2.11. The van der Waals surface area contributed by atoms with Crippen LogP contribution in [0.4, 0.5) is 0 Å². The molecular formula is C19H17N5O3. The van der Waals surface area contributed by atoms with E-state index in [1.54, 1.807) is 13.1 Å². The van der Waals surface area contributed by atoms with Gasteiger partial charge in [0.15, 0.2) is 0 Å². The molecule has 1 amide bonds. The van der Waals surface area contributed by atoms with Crippen molar-refractivity contribution in [2.24, 2.45) is 0 Å². The molecule has 0 aliphatic rings. The zero-order valence-electron chi connectivity index (χ0n) is 14.7. The number of rotatable bonds is 4. The summed E-state index contributed by atoms with van der Waals surface area (Å²) in [7, 11) is 0. The molecule has 4 rings (SSSR count).